The van der Waals surface area contributed by atoms with Gasteiger partial charge in [-0.1, -0.05) is 62.4 Å². The Bertz CT molecular complexity index is 972. The van der Waals surface area contributed by atoms with E-state index in [0.29, 0.717) is 16.7 Å². The van der Waals surface area contributed by atoms with Crippen LogP contribution in [0.5, 0.6) is 5.75 Å². The Hall–Kier alpha value is -2.60. The summed E-state index contributed by atoms with van der Waals surface area (Å²) >= 11 is 1.41. The van der Waals surface area contributed by atoms with Crippen LogP contribution in [0.2, 0.25) is 0 Å². The van der Waals surface area contributed by atoms with E-state index in [0.717, 1.165) is 17.0 Å². The molecule has 0 aliphatic rings. The predicted molar refractivity (Wildman–Crippen MR) is 113 cm³/mol. The third-order valence-electron chi connectivity index (χ3n) is 4.44. The van der Waals surface area contributed by atoms with Gasteiger partial charge in [0.1, 0.15) is 11.5 Å². The second kappa shape index (κ2) is 8.19. The second-order valence-electron chi connectivity index (χ2n) is 7.64. The standard InChI is InChI=1S/C22H25N3O2S/c1-15-10-12-16(13-11-15)25-20(17-8-6-7-9-18(17)27-5)23-24-21(25)28-14-19(26)22(2,3)4/h6-13H,14H2,1-5H3. The molecule has 5 nitrogen and oxygen atoms in total. The lowest BCUT2D eigenvalue weighted by atomic mass is 9.92. The molecular weight excluding hydrogens is 370 g/mol. The third kappa shape index (κ3) is 4.28. The molecule has 0 saturated carbocycles. The molecule has 0 saturated heterocycles. The van der Waals surface area contributed by atoms with E-state index in [-0.39, 0.29) is 11.2 Å². The van der Waals surface area contributed by atoms with Crippen molar-refractivity contribution in [3.63, 3.8) is 0 Å². The Labute approximate surface area is 170 Å². The van der Waals surface area contributed by atoms with E-state index in [1.807, 2.05) is 61.7 Å². The fourth-order valence-electron chi connectivity index (χ4n) is 2.64. The molecular formula is C22H25N3O2S. The number of para-hydroxylation sites is 1. The van der Waals surface area contributed by atoms with Crippen LogP contribution in [0.4, 0.5) is 0 Å². The highest BCUT2D eigenvalue weighted by Gasteiger charge is 2.24. The molecule has 3 rings (SSSR count). The van der Waals surface area contributed by atoms with E-state index >= 15 is 0 Å². The highest BCUT2D eigenvalue weighted by atomic mass is 32.2. The van der Waals surface area contributed by atoms with Gasteiger partial charge in [0, 0.05) is 11.1 Å². The number of hydrogen-bond acceptors (Lipinski definition) is 5. The first-order chi connectivity index (χ1) is 13.3. The molecule has 6 heteroatoms. The van der Waals surface area contributed by atoms with E-state index in [1.165, 1.54) is 17.3 Å². The van der Waals surface area contributed by atoms with Crippen molar-refractivity contribution in [1.29, 1.82) is 0 Å². The number of hydrogen-bond donors (Lipinski definition) is 0. The summed E-state index contributed by atoms with van der Waals surface area (Å²) in [6, 6.07) is 15.9. The molecule has 0 aliphatic heterocycles. The molecule has 0 radical (unpaired) electrons. The molecule has 0 amide bonds. The largest absolute Gasteiger partial charge is 0.496 e. The number of aryl methyl sites for hydroxylation is 1. The first-order valence-electron chi connectivity index (χ1n) is 9.13. The smallest absolute Gasteiger partial charge is 0.196 e. The molecule has 0 spiro atoms. The topological polar surface area (TPSA) is 57.0 Å². The van der Waals surface area contributed by atoms with E-state index in [9.17, 15) is 4.79 Å². The molecule has 2 aromatic carbocycles. The summed E-state index contributed by atoms with van der Waals surface area (Å²) in [5.74, 6) is 1.94. The van der Waals surface area contributed by atoms with Crippen LogP contribution in [-0.4, -0.2) is 33.4 Å². The number of rotatable bonds is 6. The first-order valence-corrected chi connectivity index (χ1v) is 10.1. The highest BCUT2D eigenvalue weighted by Crippen LogP contribution is 2.33. The maximum absolute atomic E-state index is 12.4. The van der Waals surface area contributed by atoms with Crippen molar-refractivity contribution in [2.45, 2.75) is 32.9 Å². The molecule has 3 aromatic rings. The zero-order valence-corrected chi connectivity index (χ0v) is 17.7. The number of aromatic nitrogens is 3. The Balaban J connectivity index is 2.07. The number of ether oxygens (including phenoxy) is 1. The van der Waals surface area contributed by atoms with Gasteiger partial charge in [-0.2, -0.15) is 0 Å². The number of benzene rings is 2. The summed E-state index contributed by atoms with van der Waals surface area (Å²) in [6.07, 6.45) is 0. The van der Waals surface area contributed by atoms with Gasteiger partial charge in [0.05, 0.1) is 18.4 Å². The van der Waals surface area contributed by atoms with E-state index in [2.05, 4.69) is 29.3 Å². The van der Waals surface area contributed by atoms with Crippen LogP contribution in [0.25, 0.3) is 17.1 Å². The fraction of sp³-hybridized carbons (Fsp3) is 0.318. The Kier molecular flexibility index (Phi) is 5.89. The van der Waals surface area contributed by atoms with Crippen LogP contribution in [0.3, 0.4) is 0 Å². The summed E-state index contributed by atoms with van der Waals surface area (Å²) in [5.41, 5.74) is 2.59. The van der Waals surface area contributed by atoms with Crippen molar-refractivity contribution in [3.8, 4) is 22.8 Å². The SMILES string of the molecule is COc1ccccc1-c1nnc(SCC(=O)C(C)(C)C)n1-c1ccc(C)cc1. The molecule has 28 heavy (non-hydrogen) atoms. The van der Waals surface area contributed by atoms with Crippen molar-refractivity contribution in [1.82, 2.24) is 14.8 Å². The molecule has 146 valence electrons. The zero-order chi connectivity index (χ0) is 20.3. The molecule has 0 N–H and O–H groups in total. The van der Waals surface area contributed by atoms with Crippen molar-refractivity contribution < 1.29 is 9.53 Å². The average Bonchev–Trinajstić information content (AvgIpc) is 3.09. The third-order valence-corrected chi connectivity index (χ3v) is 5.37. The van der Waals surface area contributed by atoms with Gasteiger partial charge in [-0.05, 0) is 31.2 Å². The van der Waals surface area contributed by atoms with Gasteiger partial charge < -0.3 is 4.74 Å². The van der Waals surface area contributed by atoms with Crippen molar-refractivity contribution in [2.24, 2.45) is 5.41 Å². The Morgan fingerprint density at radius 3 is 2.39 bits per heavy atom. The molecule has 1 aromatic heterocycles. The molecule has 0 aliphatic carbocycles. The van der Waals surface area contributed by atoms with Gasteiger partial charge in [0.15, 0.2) is 11.0 Å². The lowest BCUT2D eigenvalue weighted by Crippen LogP contribution is -2.22. The van der Waals surface area contributed by atoms with E-state index < -0.39 is 0 Å². The molecule has 0 atom stereocenters. The van der Waals surface area contributed by atoms with Gasteiger partial charge in [-0.3, -0.25) is 9.36 Å². The predicted octanol–water partition coefficient (Wildman–Crippen LogP) is 4.96. The lowest BCUT2D eigenvalue weighted by molar-refractivity contribution is -0.123. The van der Waals surface area contributed by atoms with Gasteiger partial charge >= 0.3 is 0 Å². The van der Waals surface area contributed by atoms with Crippen molar-refractivity contribution >= 4 is 17.5 Å². The van der Waals surface area contributed by atoms with Crippen LogP contribution in [0, 0.1) is 12.3 Å². The minimum atomic E-state index is -0.382. The number of Topliss-reactive ketones (excluding diaryl/α,β-unsaturated/α-hetero) is 1. The number of thioether (sulfide) groups is 1. The molecule has 0 bridgehead atoms. The monoisotopic (exact) mass is 395 g/mol. The summed E-state index contributed by atoms with van der Waals surface area (Å²) < 4.78 is 7.50. The molecule has 0 unspecified atom stereocenters. The fourth-order valence-corrected chi connectivity index (χ4v) is 3.75. The average molecular weight is 396 g/mol. The van der Waals surface area contributed by atoms with Gasteiger partial charge in [0.25, 0.3) is 0 Å². The molecule has 1 heterocycles. The number of ketones is 1. The van der Waals surface area contributed by atoms with Crippen LogP contribution < -0.4 is 4.74 Å². The van der Waals surface area contributed by atoms with Crippen LogP contribution in [-0.2, 0) is 4.79 Å². The van der Waals surface area contributed by atoms with Crippen molar-refractivity contribution in [2.75, 3.05) is 12.9 Å². The minimum absolute atomic E-state index is 0.176. The number of methoxy groups -OCH3 is 1. The quantitative estimate of drug-likeness (QED) is 0.552. The summed E-state index contributed by atoms with van der Waals surface area (Å²) in [5, 5.41) is 9.51. The number of carbonyl (C=O) groups is 1. The van der Waals surface area contributed by atoms with Crippen LogP contribution in [0.15, 0.2) is 53.7 Å². The van der Waals surface area contributed by atoms with Crippen molar-refractivity contribution in [3.05, 3.63) is 54.1 Å². The minimum Gasteiger partial charge on any atom is -0.496 e. The van der Waals surface area contributed by atoms with Gasteiger partial charge in [-0.15, -0.1) is 10.2 Å². The van der Waals surface area contributed by atoms with Crippen LogP contribution >= 0.6 is 11.8 Å². The summed E-state index contributed by atoms with van der Waals surface area (Å²) in [7, 11) is 1.64. The van der Waals surface area contributed by atoms with Crippen LogP contribution in [0.1, 0.15) is 26.3 Å². The van der Waals surface area contributed by atoms with Gasteiger partial charge in [-0.25, -0.2) is 0 Å². The Morgan fingerprint density at radius 1 is 1.07 bits per heavy atom. The maximum atomic E-state index is 12.4. The second-order valence-corrected chi connectivity index (χ2v) is 8.58. The van der Waals surface area contributed by atoms with E-state index in [4.69, 9.17) is 4.74 Å². The summed E-state index contributed by atoms with van der Waals surface area (Å²) in [4.78, 5) is 12.4. The summed E-state index contributed by atoms with van der Waals surface area (Å²) in [6.45, 7) is 7.84. The number of nitrogens with zero attached hydrogens (tertiary/aromatic N) is 3. The Morgan fingerprint density at radius 2 is 1.75 bits per heavy atom. The van der Waals surface area contributed by atoms with E-state index in [1.54, 1.807) is 7.11 Å². The molecule has 0 fully saturated rings. The first kappa shape index (κ1) is 20.1. The lowest BCUT2D eigenvalue weighted by Gasteiger charge is -2.16. The maximum Gasteiger partial charge on any atom is 0.196 e. The number of carbonyl (C=O) groups excluding carboxylic acids is 1. The van der Waals surface area contributed by atoms with Gasteiger partial charge in [0.2, 0.25) is 0 Å². The normalized spacial score (nSPS) is 11.5. The highest BCUT2D eigenvalue weighted by molar-refractivity contribution is 7.99. The zero-order valence-electron chi connectivity index (χ0n) is 16.9.